The van der Waals surface area contributed by atoms with E-state index in [4.69, 9.17) is 4.42 Å². The molecule has 0 atom stereocenters. The average molecular weight is 296 g/mol. The molecule has 0 aliphatic rings. The van der Waals surface area contributed by atoms with E-state index in [-0.39, 0.29) is 0 Å². The maximum absolute atomic E-state index is 12.0. The normalized spacial score (nSPS) is 11.4. The molecule has 3 rings (SSSR count). The summed E-state index contributed by atoms with van der Waals surface area (Å²) in [6.07, 6.45) is 1.72. The molecule has 0 unspecified atom stereocenters. The first kappa shape index (κ1) is 15.8. The first-order chi connectivity index (χ1) is 10.6. The molecule has 4 heteroatoms. The minimum absolute atomic E-state index is 0.346. The van der Waals surface area contributed by atoms with E-state index in [9.17, 15) is 4.79 Å². The van der Waals surface area contributed by atoms with Crippen LogP contribution in [0.25, 0.3) is 34.6 Å². The van der Waals surface area contributed by atoms with Gasteiger partial charge in [-0.2, -0.15) is 0 Å². The number of benzene rings is 1. The van der Waals surface area contributed by atoms with Gasteiger partial charge in [0.2, 0.25) is 0 Å². The third-order valence-electron chi connectivity index (χ3n) is 3.10. The van der Waals surface area contributed by atoms with Crippen LogP contribution in [-0.2, 0) is 0 Å². The van der Waals surface area contributed by atoms with Crippen LogP contribution in [0.4, 0.5) is 0 Å². The Hall–Kier alpha value is -2.62. The van der Waals surface area contributed by atoms with Gasteiger partial charge in [-0.1, -0.05) is 38.6 Å². The van der Waals surface area contributed by atoms with Crippen molar-refractivity contribution in [1.29, 1.82) is 0 Å². The molecule has 0 fully saturated rings. The van der Waals surface area contributed by atoms with Crippen molar-refractivity contribution < 1.29 is 4.42 Å². The topological polar surface area (TPSA) is 46.3 Å². The van der Waals surface area contributed by atoms with E-state index in [1.807, 2.05) is 58.3 Å². The van der Waals surface area contributed by atoms with Crippen LogP contribution in [0.1, 0.15) is 13.8 Å². The Balaban J connectivity index is 0.000000847. The van der Waals surface area contributed by atoms with Gasteiger partial charge >= 0.3 is 5.63 Å². The van der Waals surface area contributed by atoms with Gasteiger partial charge in [0, 0.05) is 31.1 Å². The van der Waals surface area contributed by atoms with Crippen LogP contribution in [0.3, 0.4) is 0 Å². The van der Waals surface area contributed by atoms with Crippen molar-refractivity contribution in [3.05, 3.63) is 51.4 Å². The lowest BCUT2D eigenvalue weighted by Crippen LogP contribution is -2.31. The minimum Gasteiger partial charge on any atom is -0.423 e. The van der Waals surface area contributed by atoms with Gasteiger partial charge in [0.1, 0.15) is 10.6 Å². The standard InChI is InChI=1S/C16H14N2O2.C2H6/c1-10-12-8-11-6-4-5-7-14(11)17-15(12)13(9-18(2)3)16(19)20-10;1-2/h4-9H,1H2,2-3H3;1-2H3/b13-9+;. The van der Waals surface area contributed by atoms with E-state index in [1.54, 1.807) is 11.1 Å². The van der Waals surface area contributed by atoms with Crippen LogP contribution < -0.4 is 16.3 Å². The zero-order valence-electron chi connectivity index (χ0n) is 13.4. The molecule has 1 aromatic carbocycles. The third kappa shape index (κ3) is 2.86. The number of aromatic nitrogens is 1. The number of nitrogens with zero attached hydrogens (tertiary/aromatic N) is 2. The van der Waals surface area contributed by atoms with Gasteiger partial charge < -0.3 is 9.32 Å². The molecule has 0 aliphatic carbocycles. The third-order valence-corrected chi connectivity index (χ3v) is 3.10. The number of hydrogen-bond acceptors (Lipinski definition) is 4. The molecule has 0 bridgehead atoms. The Morgan fingerprint density at radius 2 is 1.91 bits per heavy atom. The van der Waals surface area contributed by atoms with Crippen LogP contribution in [0.5, 0.6) is 0 Å². The number of para-hydroxylation sites is 1. The van der Waals surface area contributed by atoms with E-state index >= 15 is 0 Å². The number of hydrogen-bond donors (Lipinski definition) is 0. The Bertz CT molecular complexity index is 972. The lowest BCUT2D eigenvalue weighted by molar-refractivity contribution is 0.481. The molecule has 0 N–H and O–H groups in total. The highest BCUT2D eigenvalue weighted by Crippen LogP contribution is 2.14. The highest BCUT2D eigenvalue weighted by molar-refractivity contribution is 5.92. The number of rotatable bonds is 1. The minimum atomic E-state index is -0.418. The molecule has 0 aliphatic heterocycles. The molecule has 2 aromatic heterocycles. The van der Waals surface area contributed by atoms with Crippen molar-refractivity contribution in [2.24, 2.45) is 0 Å². The Labute approximate surface area is 129 Å². The summed E-state index contributed by atoms with van der Waals surface area (Å²) in [7, 11) is 3.70. The van der Waals surface area contributed by atoms with E-state index in [2.05, 4.69) is 11.6 Å². The largest absolute Gasteiger partial charge is 0.423 e. The van der Waals surface area contributed by atoms with Crippen molar-refractivity contribution in [2.45, 2.75) is 13.8 Å². The monoisotopic (exact) mass is 296 g/mol. The van der Waals surface area contributed by atoms with E-state index in [0.29, 0.717) is 16.2 Å². The zero-order chi connectivity index (χ0) is 16.3. The van der Waals surface area contributed by atoms with Crippen LogP contribution in [0, 0.1) is 0 Å². The molecule has 0 saturated heterocycles. The van der Waals surface area contributed by atoms with Crippen molar-refractivity contribution in [2.75, 3.05) is 14.1 Å². The van der Waals surface area contributed by atoms with Gasteiger partial charge in [0.25, 0.3) is 0 Å². The van der Waals surface area contributed by atoms with Crippen molar-refractivity contribution in [3.63, 3.8) is 0 Å². The van der Waals surface area contributed by atoms with Gasteiger partial charge in [0.15, 0.2) is 0 Å². The smallest absolute Gasteiger partial charge is 0.347 e. The number of fused-ring (bicyclic) bond motifs is 2. The van der Waals surface area contributed by atoms with Gasteiger partial charge in [-0.25, -0.2) is 9.78 Å². The fourth-order valence-corrected chi connectivity index (χ4v) is 2.22. The molecule has 0 saturated carbocycles. The fraction of sp³-hybridized carbons (Fsp3) is 0.222. The number of pyridine rings is 1. The SMILES string of the molecule is C=c1oc(=O)/c(=C/N(C)C)c2nc3ccccc3cc12.CC. The zero-order valence-corrected chi connectivity index (χ0v) is 13.4. The summed E-state index contributed by atoms with van der Waals surface area (Å²) in [5.74, 6) is 0. The maximum atomic E-state index is 12.0. The fourth-order valence-electron chi connectivity index (χ4n) is 2.22. The van der Waals surface area contributed by atoms with Crippen molar-refractivity contribution >= 4 is 34.6 Å². The molecule has 0 spiro atoms. The van der Waals surface area contributed by atoms with Crippen LogP contribution in [0.2, 0.25) is 0 Å². The molecule has 2 heterocycles. The molecule has 4 nitrogen and oxygen atoms in total. The van der Waals surface area contributed by atoms with Crippen LogP contribution in [0.15, 0.2) is 39.5 Å². The quantitative estimate of drug-likeness (QED) is 0.645. The second kappa shape index (κ2) is 6.43. The van der Waals surface area contributed by atoms with E-state index in [1.165, 1.54) is 0 Å². The van der Waals surface area contributed by atoms with E-state index in [0.717, 1.165) is 16.3 Å². The predicted molar refractivity (Wildman–Crippen MR) is 92.1 cm³/mol. The molecular formula is C18H20N2O2. The summed E-state index contributed by atoms with van der Waals surface area (Å²) in [6.45, 7) is 7.80. The van der Waals surface area contributed by atoms with Crippen LogP contribution >= 0.6 is 0 Å². The highest BCUT2D eigenvalue weighted by Gasteiger charge is 2.07. The highest BCUT2D eigenvalue weighted by atomic mass is 16.4. The van der Waals surface area contributed by atoms with Gasteiger partial charge in [0.05, 0.1) is 11.0 Å². The molecular weight excluding hydrogens is 276 g/mol. The second-order valence-corrected chi connectivity index (χ2v) is 4.90. The second-order valence-electron chi connectivity index (χ2n) is 4.90. The predicted octanol–water partition coefficient (Wildman–Crippen LogP) is 2.08. The summed E-state index contributed by atoms with van der Waals surface area (Å²) in [5, 5.41) is 2.20. The molecule has 114 valence electrons. The summed E-state index contributed by atoms with van der Waals surface area (Å²) in [5.41, 5.74) is 1.40. The van der Waals surface area contributed by atoms with Gasteiger partial charge in [-0.3, -0.25) is 0 Å². The molecule has 22 heavy (non-hydrogen) atoms. The summed E-state index contributed by atoms with van der Waals surface area (Å²) < 4.78 is 5.21. The first-order valence-corrected chi connectivity index (χ1v) is 7.26. The Morgan fingerprint density at radius 1 is 1.23 bits per heavy atom. The summed E-state index contributed by atoms with van der Waals surface area (Å²) >= 11 is 0. The Morgan fingerprint density at radius 3 is 2.59 bits per heavy atom. The van der Waals surface area contributed by atoms with E-state index < -0.39 is 5.63 Å². The summed E-state index contributed by atoms with van der Waals surface area (Å²) in [4.78, 5) is 18.4. The average Bonchev–Trinajstić information content (AvgIpc) is 2.52. The maximum Gasteiger partial charge on any atom is 0.347 e. The van der Waals surface area contributed by atoms with Crippen molar-refractivity contribution in [1.82, 2.24) is 9.88 Å². The Kier molecular flexibility index (Phi) is 4.61. The lowest BCUT2D eigenvalue weighted by Gasteiger charge is -2.05. The molecule has 3 aromatic rings. The molecule has 0 radical (unpaired) electrons. The van der Waals surface area contributed by atoms with Crippen molar-refractivity contribution in [3.8, 4) is 0 Å². The van der Waals surface area contributed by atoms with Crippen LogP contribution in [-0.4, -0.2) is 24.0 Å². The van der Waals surface area contributed by atoms with Gasteiger partial charge in [-0.05, 0) is 12.1 Å². The van der Waals surface area contributed by atoms with Gasteiger partial charge in [-0.15, -0.1) is 0 Å². The first-order valence-electron chi connectivity index (χ1n) is 7.26. The summed E-state index contributed by atoms with van der Waals surface area (Å²) in [6, 6.07) is 9.72. The lowest BCUT2D eigenvalue weighted by atomic mass is 10.1. The molecule has 0 amide bonds.